The van der Waals surface area contributed by atoms with Gasteiger partial charge < -0.3 is 19.3 Å². The standard InChI is InChI=1S/C23H31N5O4/c1-16-9-8-10-18(13-16)32-15-17(29)14-28-19-20(25(2)23(31)26(3)21(19)30)24-22(28)27-11-6-4-5-7-12-27/h8-10,13,17,29H,4-7,11-12,14-15H2,1-3H3/t17-/m0/s1. The van der Waals surface area contributed by atoms with Gasteiger partial charge in [-0.15, -0.1) is 0 Å². The maximum atomic E-state index is 13.0. The fraction of sp³-hybridized carbons (Fsp3) is 0.522. The molecule has 9 heteroatoms. The highest BCUT2D eigenvalue weighted by Crippen LogP contribution is 2.23. The molecule has 4 rings (SSSR count). The van der Waals surface area contributed by atoms with Crippen molar-refractivity contribution in [3.8, 4) is 5.75 Å². The molecule has 0 aliphatic carbocycles. The SMILES string of the molecule is Cc1cccc(OC[C@@H](O)Cn2c(N3CCCCCC3)nc3c2c(=O)n(C)c(=O)n3C)c1. The van der Waals surface area contributed by atoms with Crippen LogP contribution in [-0.2, 0) is 20.6 Å². The second-order valence-electron chi connectivity index (χ2n) is 8.58. The average molecular weight is 442 g/mol. The predicted molar refractivity (Wildman–Crippen MR) is 124 cm³/mol. The highest BCUT2D eigenvalue weighted by atomic mass is 16.5. The minimum atomic E-state index is -0.861. The van der Waals surface area contributed by atoms with Gasteiger partial charge in [0.15, 0.2) is 11.2 Å². The van der Waals surface area contributed by atoms with Crippen molar-refractivity contribution in [1.82, 2.24) is 18.7 Å². The Balaban J connectivity index is 1.71. The van der Waals surface area contributed by atoms with E-state index in [1.165, 1.54) is 11.6 Å². The van der Waals surface area contributed by atoms with Crippen LogP contribution in [-0.4, -0.2) is 49.6 Å². The number of aliphatic hydroxyl groups excluding tert-OH is 1. The quantitative estimate of drug-likeness (QED) is 0.624. The molecule has 0 bridgehead atoms. The summed E-state index contributed by atoms with van der Waals surface area (Å²) in [4.78, 5) is 32.4. The average Bonchev–Trinajstić information content (AvgIpc) is 2.95. The molecule has 3 aromatic rings. The molecular formula is C23H31N5O4. The number of nitrogens with zero attached hydrogens (tertiary/aromatic N) is 5. The fourth-order valence-electron chi connectivity index (χ4n) is 4.28. The van der Waals surface area contributed by atoms with Gasteiger partial charge in [0.2, 0.25) is 5.95 Å². The van der Waals surface area contributed by atoms with Gasteiger partial charge in [0.05, 0.1) is 6.54 Å². The van der Waals surface area contributed by atoms with E-state index in [0.29, 0.717) is 22.9 Å². The Morgan fingerprint density at radius 1 is 1.09 bits per heavy atom. The molecule has 1 aromatic carbocycles. The maximum absolute atomic E-state index is 13.0. The first-order valence-electron chi connectivity index (χ1n) is 11.2. The molecule has 32 heavy (non-hydrogen) atoms. The molecule has 1 fully saturated rings. The first kappa shape index (κ1) is 22.1. The number of aromatic nitrogens is 4. The highest BCUT2D eigenvalue weighted by Gasteiger charge is 2.25. The molecule has 172 valence electrons. The lowest BCUT2D eigenvalue weighted by Crippen LogP contribution is -2.38. The van der Waals surface area contributed by atoms with Crippen molar-refractivity contribution >= 4 is 17.1 Å². The zero-order valence-electron chi connectivity index (χ0n) is 19.0. The van der Waals surface area contributed by atoms with Crippen LogP contribution in [0.15, 0.2) is 33.9 Å². The molecule has 0 unspecified atom stereocenters. The number of benzene rings is 1. The molecule has 9 nitrogen and oxygen atoms in total. The summed E-state index contributed by atoms with van der Waals surface area (Å²) in [5, 5.41) is 10.8. The van der Waals surface area contributed by atoms with E-state index in [1.54, 1.807) is 11.6 Å². The lowest BCUT2D eigenvalue weighted by molar-refractivity contribution is 0.0936. The summed E-state index contributed by atoms with van der Waals surface area (Å²) in [6.07, 6.45) is 3.53. The maximum Gasteiger partial charge on any atom is 0.332 e. The lowest BCUT2D eigenvalue weighted by atomic mass is 10.2. The number of ether oxygens (including phenoxy) is 1. The number of anilines is 1. The number of hydrogen-bond acceptors (Lipinski definition) is 6. The first-order valence-corrected chi connectivity index (χ1v) is 11.2. The molecule has 3 heterocycles. The normalized spacial score (nSPS) is 15.7. The van der Waals surface area contributed by atoms with Crippen LogP contribution in [0.1, 0.15) is 31.2 Å². The Morgan fingerprint density at radius 2 is 1.81 bits per heavy atom. The van der Waals surface area contributed by atoms with Crippen molar-refractivity contribution in [3.05, 3.63) is 50.7 Å². The molecule has 0 amide bonds. The van der Waals surface area contributed by atoms with Crippen LogP contribution in [0, 0.1) is 6.92 Å². The van der Waals surface area contributed by atoms with Crippen LogP contribution in [0.3, 0.4) is 0 Å². The lowest BCUT2D eigenvalue weighted by Gasteiger charge is -2.23. The highest BCUT2D eigenvalue weighted by molar-refractivity contribution is 5.74. The van der Waals surface area contributed by atoms with Crippen LogP contribution < -0.4 is 20.9 Å². The molecular weight excluding hydrogens is 410 g/mol. The Bertz CT molecular complexity index is 1220. The summed E-state index contributed by atoms with van der Waals surface area (Å²) < 4.78 is 10.0. The van der Waals surface area contributed by atoms with Gasteiger partial charge in [0.1, 0.15) is 18.5 Å². The summed E-state index contributed by atoms with van der Waals surface area (Å²) in [5.74, 6) is 1.31. The Labute approximate surface area is 186 Å². The van der Waals surface area contributed by atoms with Gasteiger partial charge in [-0.05, 0) is 37.5 Å². The molecule has 0 radical (unpaired) electrons. The summed E-state index contributed by atoms with van der Waals surface area (Å²) >= 11 is 0. The zero-order valence-corrected chi connectivity index (χ0v) is 19.0. The molecule has 1 saturated heterocycles. The summed E-state index contributed by atoms with van der Waals surface area (Å²) in [5.41, 5.74) is 0.902. The van der Waals surface area contributed by atoms with Crippen LogP contribution in [0.4, 0.5) is 5.95 Å². The number of fused-ring (bicyclic) bond motifs is 1. The number of hydrogen-bond donors (Lipinski definition) is 1. The van der Waals surface area contributed by atoms with Gasteiger partial charge in [-0.2, -0.15) is 4.98 Å². The third-order valence-electron chi connectivity index (χ3n) is 6.04. The van der Waals surface area contributed by atoms with E-state index in [0.717, 1.165) is 48.9 Å². The molecule has 0 saturated carbocycles. The van der Waals surface area contributed by atoms with E-state index in [9.17, 15) is 14.7 Å². The van der Waals surface area contributed by atoms with Gasteiger partial charge in [-0.1, -0.05) is 25.0 Å². The van der Waals surface area contributed by atoms with Gasteiger partial charge in [0, 0.05) is 27.2 Å². The van der Waals surface area contributed by atoms with E-state index >= 15 is 0 Å². The molecule has 0 spiro atoms. The minimum Gasteiger partial charge on any atom is -0.491 e. The van der Waals surface area contributed by atoms with E-state index in [4.69, 9.17) is 9.72 Å². The smallest absolute Gasteiger partial charge is 0.332 e. The number of aliphatic hydroxyl groups is 1. The summed E-state index contributed by atoms with van der Waals surface area (Å²) in [7, 11) is 3.08. The largest absolute Gasteiger partial charge is 0.491 e. The van der Waals surface area contributed by atoms with Crippen LogP contribution in [0.5, 0.6) is 5.75 Å². The fourth-order valence-corrected chi connectivity index (χ4v) is 4.28. The zero-order chi connectivity index (χ0) is 22.8. The molecule has 1 aliphatic heterocycles. The minimum absolute atomic E-state index is 0.0780. The van der Waals surface area contributed by atoms with Crippen molar-refractivity contribution in [2.24, 2.45) is 14.1 Å². The van der Waals surface area contributed by atoms with Crippen molar-refractivity contribution < 1.29 is 9.84 Å². The monoisotopic (exact) mass is 441 g/mol. The van der Waals surface area contributed by atoms with E-state index in [-0.39, 0.29) is 13.2 Å². The van der Waals surface area contributed by atoms with Gasteiger partial charge in [0.25, 0.3) is 5.56 Å². The van der Waals surface area contributed by atoms with Gasteiger partial charge in [-0.25, -0.2) is 4.79 Å². The number of imidazole rings is 1. The molecule has 1 aliphatic rings. The van der Waals surface area contributed by atoms with Crippen LogP contribution in [0.25, 0.3) is 11.2 Å². The van der Waals surface area contributed by atoms with E-state index in [2.05, 4.69) is 4.90 Å². The van der Waals surface area contributed by atoms with Crippen molar-refractivity contribution in [3.63, 3.8) is 0 Å². The van der Waals surface area contributed by atoms with Gasteiger partial charge >= 0.3 is 5.69 Å². The molecule has 1 atom stereocenters. The van der Waals surface area contributed by atoms with E-state index in [1.807, 2.05) is 31.2 Å². The molecule has 1 N–H and O–H groups in total. The van der Waals surface area contributed by atoms with Crippen LogP contribution >= 0.6 is 0 Å². The summed E-state index contributed by atoms with van der Waals surface area (Å²) in [6.45, 7) is 3.85. The predicted octanol–water partition coefficient (Wildman–Crippen LogP) is 1.56. The third-order valence-corrected chi connectivity index (χ3v) is 6.04. The van der Waals surface area contributed by atoms with Crippen molar-refractivity contribution in [2.75, 3.05) is 24.6 Å². The van der Waals surface area contributed by atoms with E-state index < -0.39 is 17.4 Å². The van der Waals surface area contributed by atoms with Gasteiger partial charge in [-0.3, -0.25) is 13.9 Å². The summed E-state index contributed by atoms with van der Waals surface area (Å²) in [6, 6.07) is 7.64. The topological polar surface area (TPSA) is 94.5 Å². The molecule has 2 aromatic heterocycles. The second kappa shape index (κ2) is 9.20. The van der Waals surface area contributed by atoms with Crippen molar-refractivity contribution in [2.45, 2.75) is 45.3 Å². The first-order chi connectivity index (χ1) is 15.4. The van der Waals surface area contributed by atoms with Crippen LogP contribution in [0.2, 0.25) is 0 Å². The number of rotatable bonds is 6. The Kier molecular flexibility index (Phi) is 6.36. The Morgan fingerprint density at radius 3 is 2.50 bits per heavy atom. The van der Waals surface area contributed by atoms with Crippen molar-refractivity contribution in [1.29, 1.82) is 0 Å². The number of aryl methyl sites for hydroxylation is 2. The second-order valence-corrected chi connectivity index (χ2v) is 8.58. The Hall–Kier alpha value is -3.07. The third kappa shape index (κ3) is 4.29.